The predicted molar refractivity (Wildman–Crippen MR) is 151 cm³/mol. The number of nitrogens with two attached hydrogens (primary N) is 1. The van der Waals surface area contributed by atoms with E-state index in [0.717, 1.165) is 18.5 Å². The first-order valence-electron chi connectivity index (χ1n) is 14.4. The number of primary amides is 1. The lowest BCUT2D eigenvalue weighted by molar-refractivity contribution is -0.200. The molecule has 7 N–H and O–H groups in total. The van der Waals surface area contributed by atoms with E-state index in [4.69, 9.17) is 10.2 Å². The Kier molecular flexibility index (Phi) is 7.15. The number of amides is 1. The Morgan fingerprint density at radius 3 is 2.60 bits per heavy atom. The molecule has 2 heterocycles. The van der Waals surface area contributed by atoms with Crippen LogP contribution in [0.25, 0.3) is 11.3 Å². The number of likely N-dealkylation sites (N-methyl/N-ethyl adjacent to an activating group) is 1. The van der Waals surface area contributed by atoms with Gasteiger partial charge in [0.25, 0.3) is 5.91 Å². The fourth-order valence-corrected chi connectivity index (χ4v) is 7.85. The first-order chi connectivity index (χ1) is 20.3. The average Bonchev–Trinajstić information content (AvgIpc) is 3.35. The van der Waals surface area contributed by atoms with Gasteiger partial charge in [-0.25, -0.2) is 4.39 Å². The summed E-state index contributed by atoms with van der Waals surface area (Å²) in [6.45, 7) is 1.51. The zero-order chi connectivity index (χ0) is 31.0. The van der Waals surface area contributed by atoms with E-state index in [2.05, 4.69) is 0 Å². The number of furan rings is 1. The van der Waals surface area contributed by atoms with E-state index in [1.807, 2.05) is 4.90 Å². The first kappa shape index (κ1) is 29.4. The number of piperidine rings is 1. The number of alkyl halides is 1. The predicted octanol–water partition coefficient (Wildman–Crippen LogP) is 2.31. The fraction of sp³-hybridized carbons (Fsp3) is 0.484. The van der Waals surface area contributed by atoms with Crippen molar-refractivity contribution >= 4 is 11.7 Å². The molecular weight excluding hydrogens is 561 g/mol. The molecule has 1 aliphatic heterocycles. The highest BCUT2D eigenvalue weighted by Gasteiger charge is 2.60. The minimum absolute atomic E-state index is 0.0344. The number of halogens is 1. The third kappa shape index (κ3) is 4.55. The van der Waals surface area contributed by atoms with Crippen LogP contribution in [0.4, 0.5) is 4.39 Å². The molecule has 12 heteroatoms. The van der Waals surface area contributed by atoms with Crippen LogP contribution in [0.2, 0.25) is 0 Å². The van der Waals surface area contributed by atoms with E-state index < -0.39 is 64.5 Å². The molecule has 3 aliphatic carbocycles. The summed E-state index contributed by atoms with van der Waals surface area (Å²) in [6, 6.07) is 3.93. The summed E-state index contributed by atoms with van der Waals surface area (Å²) in [5, 5.41) is 55.7. The van der Waals surface area contributed by atoms with Gasteiger partial charge in [-0.2, -0.15) is 0 Å². The Balaban J connectivity index is 1.44. The molecule has 11 nitrogen and oxygen atoms in total. The number of carbonyl (C=O) groups excluding carboxylic acids is 2. The Labute approximate surface area is 247 Å². The minimum atomic E-state index is -3.05. The van der Waals surface area contributed by atoms with Crippen LogP contribution in [-0.2, 0) is 17.8 Å². The van der Waals surface area contributed by atoms with Crippen LogP contribution < -0.4 is 5.73 Å². The summed E-state index contributed by atoms with van der Waals surface area (Å²) < 4.78 is 20.0. The largest absolute Gasteiger partial charge is 0.511 e. The molecule has 6 rings (SSSR count). The number of nitrogens with zero attached hydrogens (tertiary/aromatic N) is 2. The van der Waals surface area contributed by atoms with E-state index in [-0.39, 0.29) is 29.7 Å². The molecule has 0 spiro atoms. The molecule has 1 aromatic heterocycles. The summed E-state index contributed by atoms with van der Waals surface area (Å²) in [7, 11) is 3.27. The van der Waals surface area contributed by atoms with Crippen LogP contribution in [0.15, 0.2) is 51.5 Å². The third-order valence-corrected chi connectivity index (χ3v) is 9.56. The number of ketones is 1. The lowest BCUT2D eigenvalue weighted by Gasteiger charge is -2.51. The summed E-state index contributed by atoms with van der Waals surface area (Å²) in [6.07, 6.45) is 2.26. The number of fused-ring (bicyclic) bond motifs is 3. The van der Waals surface area contributed by atoms with Crippen molar-refractivity contribution < 1.29 is 43.9 Å². The highest BCUT2D eigenvalue weighted by molar-refractivity contribution is 6.14. The smallest absolute Gasteiger partial charge is 0.253 e. The number of aliphatic hydroxyl groups is 4. The lowest BCUT2D eigenvalue weighted by Crippen LogP contribution is -2.60. The molecule has 1 aromatic carbocycles. The van der Waals surface area contributed by atoms with Gasteiger partial charge < -0.3 is 35.7 Å². The second-order valence-corrected chi connectivity index (χ2v) is 12.4. The van der Waals surface area contributed by atoms with Gasteiger partial charge in [-0.3, -0.25) is 19.4 Å². The van der Waals surface area contributed by atoms with E-state index in [1.165, 1.54) is 12.3 Å². The van der Waals surface area contributed by atoms with Crippen LogP contribution in [0.3, 0.4) is 0 Å². The van der Waals surface area contributed by atoms with Crippen molar-refractivity contribution in [3.8, 4) is 17.1 Å². The molecule has 0 bridgehead atoms. The van der Waals surface area contributed by atoms with Crippen LogP contribution in [0.5, 0.6) is 5.75 Å². The van der Waals surface area contributed by atoms with E-state index >= 15 is 0 Å². The number of carbonyl (C=O) groups is 2. The van der Waals surface area contributed by atoms with Gasteiger partial charge in [0.1, 0.15) is 34.8 Å². The average molecular weight is 598 g/mol. The normalized spacial score (nSPS) is 29.0. The fourth-order valence-electron chi connectivity index (χ4n) is 7.85. The van der Waals surface area contributed by atoms with Crippen LogP contribution in [-0.4, -0.2) is 92.2 Å². The van der Waals surface area contributed by atoms with E-state index in [9.17, 15) is 39.5 Å². The maximum atomic E-state index is 14.1. The van der Waals surface area contributed by atoms with Crippen LogP contribution in [0.1, 0.15) is 40.7 Å². The highest BCUT2D eigenvalue weighted by Crippen LogP contribution is 2.54. The van der Waals surface area contributed by atoms with Crippen molar-refractivity contribution in [3.05, 3.63) is 63.8 Å². The molecule has 1 amide bonds. The molecule has 4 unspecified atom stereocenters. The molecule has 1 fully saturated rings. The standard InChI is InChI=1S/C31H36FN3O8/c1-34(2)25-19-11-15-10-18-17(29-14(7-9-43-29)12-35-8-3-4-16(32)13-35)5-6-20(36)22(18)26(37)21(15)27(38)23(19)31(41,42)24(28(25)39)30(33)40/h5-7,9,15-16,19,23,25,36,38-39,41-42H,3-4,8,10-13H2,1-2H3,(H2,33,40)/t15?,16?,19?,23?,25-/m0/s1. The zero-order valence-electron chi connectivity index (χ0n) is 24.0. The maximum absolute atomic E-state index is 14.1. The van der Waals surface area contributed by atoms with Gasteiger partial charge in [-0.05, 0) is 81.9 Å². The monoisotopic (exact) mass is 597 g/mol. The number of rotatable bonds is 5. The molecule has 1 saturated heterocycles. The van der Waals surface area contributed by atoms with Gasteiger partial charge in [0.05, 0.1) is 23.8 Å². The second kappa shape index (κ2) is 10.5. The Morgan fingerprint density at radius 2 is 1.93 bits per heavy atom. The number of Topliss-reactive ketones (excluding diaryl/α,β-unsaturated/α-hetero) is 1. The first-order valence-corrected chi connectivity index (χ1v) is 14.4. The number of aromatic hydroxyl groups is 1. The van der Waals surface area contributed by atoms with Gasteiger partial charge >= 0.3 is 0 Å². The quantitative estimate of drug-likeness (QED) is 0.280. The molecule has 5 atom stereocenters. The van der Waals surface area contributed by atoms with Gasteiger partial charge in [0.2, 0.25) is 5.79 Å². The van der Waals surface area contributed by atoms with Crippen molar-refractivity contribution in [1.82, 2.24) is 9.80 Å². The van der Waals surface area contributed by atoms with Crippen molar-refractivity contribution in [1.29, 1.82) is 0 Å². The number of phenolic OH excluding ortho intramolecular Hbond substituents is 1. The Morgan fingerprint density at radius 1 is 1.19 bits per heavy atom. The van der Waals surface area contributed by atoms with Crippen molar-refractivity contribution in [2.75, 3.05) is 27.2 Å². The van der Waals surface area contributed by atoms with Crippen molar-refractivity contribution in [3.63, 3.8) is 0 Å². The number of allylic oxidation sites excluding steroid dienone is 1. The summed E-state index contributed by atoms with van der Waals surface area (Å²) in [5.41, 5.74) is 6.36. The molecular formula is C31H36FN3O8. The topological polar surface area (TPSA) is 181 Å². The maximum Gasteiger partial charge on any atom is 0.253 e. The Bertz CT molecular complexity index is 1560. The van der Waals surface area contributed by atoms with E-state index in [1.54, 1.807) is 31.1 Å². The molecule has 230 valence electrons. The molecule has 0 saturated carbocycles. The second-order valence-electron chi connectivity index (χ2n) is 12.4. The van der Waals surface area contributed by atoms with Crippen LogP contribution >= 0.6 is 0 Å². The number of aliphatic hydroxyl groups excluding tert-OH is 2. The van der Waals surface area contributed by atoms with Gasteiger partial charge in [0.15, 0.2) is 5.78 Å². The van der Waals surface area contributed by atoms with E-state index in [0.29, 0.717) is 36.4 Å². The highest BCUT2D eigenvalue weighted by atomic mass is 19.1. The lowest BCUT2D eigenvalue weighted by atomic mass is 9.59. The minimum Gasteiger partial charge on any atom is -0.511 e. The van der Waals surface area contributed by atoms with Crippen molar-refractivity contribution in [2.24, 2.45) is 23.5 Å². The summed E-state index contributed by atoms with van der Waals surface area (Å²) in [4.78, 5) is 29.9. The number of likely N-dealkylation sites (tertiary alicyclic amines) is 1. The van der Waals surface area contributed by atoms with Gasteiger partial charge in [-0.15, -0.1) is 0 Å². The van der Waals surface area contributed by atoms with Crippen LogP contribution in [0, 0.1) is 17.8 Å². The van der Waals surface area contributed by atoms with Gasteiger partial charge in [-0.1, -0.05) is 0 Å². The summed E-state index contributed by atoms with van der Waals surface area (Å²) >= 11 is 0. The number of benzene rings is 1. The molecule has 0 radical (unpaired) electrons. The molecule has 43 heavy (non-hydrogen) atoms. The van der Waals surface area contributed by atoms with Gasteiger partial charge in [0, 0.05) is 29.8 Å². The number of phenols is 1. The SMILES string of the molecule is CN(C)[C@@H]1C(O)=C(C(N)=O)C(O)(O)C2C(O)=C3C(=O)c4c(O)ccc(-c5occc5CN5CCCC(F)C5)c4CC3CC21. The zero-order valence-corrected chi connectivity index (χ0v) is 24.0. The summed E-state index contributed by atoms with van der Waals surface area (Å²) in [5.74, 6) is -8.99. The van der Waals surface area contributed by atoms with Crippen molar-refractivity contribution in [2.45, 2.75) is 50.2 Å². The third-order valence-electron chi connectivity index (χ3n) is 9.56. The Hall–Kier alpha value is -3.71. The molecule has 4 aliphatic rings. The number of hydrogen-bond acceptors (Lipinski definition) is 10. The molecule has 2 aromatic rings. The number of hydrogen-bond donors (Lipinski definition) is 6.